The molecule has 1 rings (SSSR count). The van der Waals surface area contributed by atoms with E-state index < -0.39 is 11.9 Å². The molecule has 6 heteroatoms. The minimum absolute atomic E-state index is 0.126. The molecule has 0 spiro atoms. The second kappa shape index (κ2) is 7.70. The highest BCUT2D eigenvalue weighted by Crippen LogP contribution is 2.29. The molecule has 21 heavy (non-hydrogen) atoms. The van der Waals surface area contributed by atoms with Gasteiger partial charge in [0, 0.05) is 6.92 Å². The van der Waals surface area contributed by atoms with Crippen molar-refractivity contribution < 1.29 is 23.8 Å². The quantitative estimate of drug-likeness (QED) is 0.357. The lowest BCUT2D eigenvalue weighted by atomic mass is 10.1. The third-order valence-corrected chi connectivity index (χ3v) is 2.37. The van der Waals surface area contributed by atoms with Gasteiger partial charge in [-0.05, 0) is 30.7 Å². The first-order chi connectivity index (χ1) is 10.0. The average Bonchev–Trinajstić information content (AvgIpc) is 2.45. The molecule has 0 aliphatic carbocycles. The van der Waals surface area contributed by atoms with Gasteiger partial charge in [-0.25, -0.2) is 4.79 Å². The Labute approximate surface area is 122 Å². The standard InChI is InChI=1S/C15H15NO5/c1-4-20-15(18)12(9-16)7-11-5-6-13(21-10(2)17)14(8-11)19-3/h5-8H,4H2,1-3H3/b12-7+. The Hall–Kier alpha value is -2.81. The third-order valence-electron chi connectivity index (χ3n) is 2.37. The maximum absolute atomic E-state index is 11.5. The second-order valence-corrected chi connectivity index (χ2v) is 3.89. The summed E-state index contributed by atoms with van der Waals surface area (Å²) in [6, 6.07) is 6.44. The van der Waals surface area contributed by atoms with E-state index in [1.54, 1.807) is 25.1 Å². The smallest absolute Gasteiger partial charge is 0.348 e. The molecule has 1 aromatic rings. The van der Waals surface area contributed by atoms with Crippen LogP contribution in [0.25, 0.3) is 6.08 Å². The minimum atomic E-state index is -0.692. The fraction of sp³-hybridized carbons (Fsp3) is 0.267. The topological polar surface area (TPSA) is 85.6 Å². The number of rotatable bonds is 5. The van der Waals surface area contributed by atoms with Crippen LogP contribution in [0.2, 0.25) is 0 Å². The third kappa shape index (κ3) is 4.66. The molecule has 0 bridgehead atoms. The van der Waals surface area contributed by atoms with Crippen LogP contribution in [0.1, 0.15) is 19.4 Å². The van der Waals surface area contributed by atoms with E-state index >= 15 is 0 Å². The van der Waals surface area contributed by atoms with Gasteiger partial charge in [-0.3, -0.25) is 4.79 Å². The molecule has 0 radical (unpaired) electrons. The molecule has 0 atom stereocenters. The Kier molecular flexibility index (Phi) is 5.96. The van der Waals surface area contributed by atoms with Crippen LogP contribution in [0.5, 0.6) is 11.5 Å². The number of hydrogen-bond donors (Lipinski definition) is 0. The summed E-state index contributed by atoms with van der Waals surface area (Å²) in [4.78, 5) is 22.5. The molecular weight excluding hydrogens is 274 g/mol. The highest BCUT2D eigenvalue weighted by Gasteiger charge is 2.12. The molecule has 0 saturated heterocycles. The van der Waals surface area contributed by atoms with Gasteiger partial charge in [0.25, 0.3) is 0 Å². The van der Waals surface area contributed by atoms with E-state index in [1.807, 2.05) is 0 Å². The number of hydrogen-bond acceptors (Lipinski definition) is 6. The molecule has 0 heterocycles. The summed E-state index contributed by atoms with van der Waals surface area (Å²) in [5.74, 6) is -0.583. The van der Waals surface area contributed by atoms with Crippen molar-refractivity contribution in [2.24, 2.45) is 0 Å². The first-order valence-corrected chi connectivity index (χ1v) is 6.17. The van der Waals surface area contributed by atoms with Crippen LogP contribution in [-0.2, 0) is 14.3 Å². The monoisotopic (exact) mass is 289 g/mol. The molecular formula is C15H15NO5. The second-order valence-electron chi connectivity index (χ2n) is 3.89. The molecule has 0 aliphatic rings. The van der Waals surface area contributed by atoms with Crippen LogP contribution in [-0.4, -0.2) is 25.7 Å². The first-order valence-electron chi connectivity index (χ1n) is 6.17. The van der Waals surface area contributed by atoms with E-state index in [0.717, 1.165) is 0 Å². The predicted octanol–water partition coefficient (Wildman–Crippen LogP) is 2.09. The Morgan fingerprint density at radius 3 is 2.57 bits per heavy atom. The normalized spacial score (nSPS) is 10.5. The van der Waals surface area contributed by atoms with E-state index in [9.17, 15) is 9.59 Å². The lowest BCUT2D eigenvalue weighted by Gasteiger charge is -2.08. The highest BCUT2D eigenvalue weighted by atomic mass is 16.6. The molecule has 0 aromatic heterocycles. The average molecular weight is 289 g/mol. The Balaban J connectivity index is 3.12. The zero-order valence-corrected chi connectivity index (χ0v) is 12.0. The van der Waals surface area contributed by atoms with Gasteiger partial charge in [-0.15, -0.1) is 0 Å². The van der Waals surface area contributed by atoms with Crippen molar-refractivity contribution in [3.05, 3.63) is 29.3 Å². The number of nitrogens with zero attached hydrogens (tertiary/aromatic N) is 1. The van der Waals surface area contributed by atoms with E-state index in [2.05, 4.69) is 0 Å². The van der Waals surface area contributed by atoms with Crippen LogP contribution < -0.4 is 9.47 Å². The van der Waals surface area contributed by atoms with Gasteiger partial charge in [-0.2, -0.15) is 5.26 Å². The van der Waals surface area contributed by atoms with Crippen molar-refractivity contribution in [3.63, 3.8) is 0 Å². The zero-order chi connectivity index (χ0) is 15.8. The van der Waals surface area contributed by atoms with E-state index in [-0.39, 0.29) is 17.9 Å². The van der Waals surface area contributed by atoms with Crippen LogP contribution in [0, 0.1) is 11.3 Å². The molecule has 110 valence electrons. The van der Waals surface area contributed by atoms with Gasteiger partial charge in [-0.1, -0.05) is 6.07 Å². The summed E-state index contributed by atoms with van der Waals surface area (Å²) in [7, 11) is 1.42. The fourth-order valence-corrected chi connectivity index (χ4v) is 1.53. The van der Waals surface area contributed by atoms with Gasteiger partial charge < -0.3 is 14.2 Å². The molecule has 6 nitrogen and oxygen atoms in total. The zero-order valence-electron chi connectivity index (χ0n) is 12.0. The van der Waals surface area contributed by atoms with Gasteiger partial charge in [0.15, 0.2) is 11.5 Å². The number of ether oxygens (including phenoxy) is 3. The summed E-state index contributed by atoms with van der Waals surface area (Å²) in [6.07, 6.45) is 1.37. The minimum Gasteiger partial charge on any atom is -0.493 e. The van der Waals surface area contributed by atoms with Crippen molar-refractivity contribution in [2.75, 3.05) is 13.7 Å². The highest BCUT2D eigenvalue weighted by molar-refractivity contribution is 5.97. The predicted molar refractivity (Wildman–Crippen MR) is 74.5 cm³/mol. The summed E-state index contributed by atoms with van der Waals surface area (Å²) in [5, 5.41) is 8.96. The summed E-state index contributed by atoms with van der Waals surface area (Å²) in [6.45, 7) is 3.12. The van der Waals surface area contributed by atoms with Crippen molar-refractivity contribution in [2.45, 2.75) is 13.8 Å². The molecule has 0 aliphatic heterocycles. The van der Waals surface area contributed by atoms with E-state index in [1.165, 1.54) is 26.2 Å². The van der Waals surface area contributed by atoms with Crippen LogP contribution in [0.3, 0.4) is 0 Å². The molecule has 0 saturated carbocycles. The van der Waals surface area contributed by atoms with Crippen molar-refractivity contribution in [1.29, 1.82) is 5.26 Å². The van der Waals surface area contributed by atoms with Crippen molar-refractivity contribution >= 4 is 18.0 Å². The molecule has 1 aromatic carbocycles. The summed E-state index contributed by atoms with van der Waals surface area (Å²) < 4.78 is 14.8. The number of benzene rings is 1. The summed E-state index contributed by atoms with van der Waals surface area (Å²) in [5.41, 5.74) is 0.423. The van der Waals surface area contributed by atoms with Crippen LogP contribution in [0.15, 0.2) is 23.8 Å². The number of carbonyl (C=O) groups is 2. The Morgan fingerprint density at radius 1 is 1.33 bits per heavy atom. The van der Waals surface area contributed by atoms with E-state index in [4.69, 9.17) is 19.5 Å². The Morgan fingerprint density at radius 2 is 2.05 bits per heavy atom. The largest absolute Gasteiger partial charge is 0.493 e. The number of nitriles is 1. The number of methoxy groups -OCH3 is 1. The van der Waals surface area contributed by atoms with Crippen molar-refractivity contribution in [3.8, 4) is 17.6 Å². The number of carbonyl (C=O) groups excluding carboxylic acids is 2. The van der Waals surface area contributed by atoms with Gasteiger partial charge in [0.1, 0.15) is 11.6 Å². The van der Waals surface area contributed by atoms with Gasteiger partial charge >= 0.3 is 11.9 Å². The Bertz CT molecular complexity index is 613. The van der Waals surface area contributed by atoms with Crippen LogP contribution in [0.4, 0.5) is 0 Å². The molecule has 0 fully saturated rings. The fourth-order valence-electron chi connectivity index (χ4n) is 1.53. The van der Waals surface area contributed by atoms with Gasteiger partial charge in [0.05, 0.1) is 13.7 Å². The van der Waals surface area contributed by atoms with Crippen LogP contribution >= 0.6 is 0 Å². The van der Waals surface area contributed by atoms with Crippen molar-refractivity contribution in [1.82, 2.24) is 0 Å². The lowest BCUT2D eigenvalue weighted by molar-refractivity contribution is -0.138. The summed E-state index contributed by atoms with van der Waals surface area (Å²) >= 11 is 0. The number of esters is 2. The molecule has 0 unspecified atom stereocenters. The molecule has 0 amide bonds. The maximum Gasteiger partial charge on any atom is 0.348 e. The van der Waals surface area contributed by atoms with Gasteiger partial charge in [0.2, 0.25) is 0 Å². The van der Waals surface area contributed by atoms with E-state index in [0.29, 0.717) is 11.3 Å². The maximum atomic E-state index is 11.5. The first kappa shape index (κ1) is 16.2. The lowest BCUT2D eigenvalue weighted by Crippen LogP contribution is -2.06. The molecule has 0 N–H and O–H groups in total. The SMILES string of the molecule is CCOC(=O)/C(C#N)=C/c1ccc(OC(C)=O)c(OC)c1.